The third kappa shape index (κ3) is 3.59. The molecule has 2 aromatic heterocycles. The zero-order chi connectivity index (χ0) is 19.6. The smallest absolute Gasteiger partial charge is 0.260 e. The maximum atomic E-state index is 12.7. The van der Waals surface area contributed by atoms with Gasteiger partial charge in [0, 0.05) is 17.3 Å². The number of anilines is 1. The lowest BCUT2D eigenvalue weighted by atomic mass is 10.2. The fourth-order valence-corrected chi connectivity index (χ4v) is 2.88. The standard InChI is InChI=1S/C19H21N5O3/c1-5-13-12(3)20-19(22-17(13)25)24-16(10-11(2)23-24)21-18(26)14-8-6-7-9-15(14)27-4/h6-10H,5H2,1-4H3,(H,21,26)(H,20,22,25). The SMILES string of the molecule is CCc1c(C)nc(-n2nc(C)cc2NC(=O)c2ccccc2OC)[nH]c1=O. The third-order valence-electron chi connectivity index (χ3n) is 4.19. The summed E-state index contributed by atoms with van der Waals surface area (Å²) < 4.78 is 6.65. The Labute approximate surface area is 156 Å². The van der Waals surface area contributed by atoms with E-state index in [4.69, 9.17) is 4.74 Å². The second-order valence-electron chi connectivity index (χ2n) is 6.04. The van der Waals surface area contributed by atoms with Crippen molar-refractivity contribution >= 4 is 11.7 Å². The number of amides is 1. The molecule has 3 aromatic rings. The summed E-state index contributed by atoms with van der Waals surface area (Å²) in [6, 6.07) is 8.63. The first-order chi connectivity index (χ1) is 12.9. The molecule has 0 spiro atoms. The molecule has 2 N–H and O–H groups in total. The van der Waals surface area contributed by atoms with Crippen LogP contribution in [0.1, 0.15) is 34.2 Å². The van der Waals surface area contributed by atoms with E-state index in [9.17, 15) is 9.59 Å². The summed E-state index contributed by atoms with van der Waals surface area (Å²) >= 11 is 0. The van der Waals surface area contributed by atoms with Crippen molar-refractivity contribution in [2.24, 2.45) is 0 Å². The summed E-state index contributed by atoms with van der Waals surface area (Å²) in [6.45, 7) is 5.47. The lowest BCUT2D eigenvalue weighted by molar-refractivity contribution is 0.102. The maximum absolute atomic E-state index is 12.7. The number of rotatable bonds is 5. The fraction of sp³-hybridized carbons (Fsp3) is 0.263. The normalized spacial score (nSPS) is 10.7. The Balaban J connectivity index is 2.00. The van der Waals surface area contributed by atoms with Crippen LogP contribution in [0.5, 0.6) is 5.75 Å². The highest BCUT2D eigenvalue weighted by molar-refractivity contribution is 6.05. The fourth-order valence-electron chi connectivity index (χ4n) is 2.88. The molecule has 1 aromatic carbocycles. The van der Waals surface area contributed by atoms with Gasteiger partial charge in [0.1, 0.15) is 11.6 Å². The molecule has 0 unspecified atom stereocenters. The van der Waals surface area contributed by atoms with Gasteiger partial charge in [-0.1, -0.05) is 19.1 Å². The van der Waals surface area contributed by atoms with Crippen LogP contribution in [0.15, 0.2) is 35.1 Å². The summed E-state index contributed by atoms with van der Waals surface area (Å²) in [5, 5.41) is 7.15. The van der Waals surface area contributed by atoms with E-state index in [1.807, 2.05) is 6.92 Å². The van der Waals surface area contributed by atoms with Crippen LogP contribution in [0.4, 0.5) is 5.82 Å². The molecule has 0 saturated carbocycles. The van der Waals surface area contributed by atoms with Gasteiger partial charge in [0.25, 0.3) is 11.5 Å². The quantitative estimate of drug-likeness (QED) is 0.721. The van der Waals surface area contributed by atoms with E-state index < -0.39 is 0 Å². The predicted octanol–water partition coefficient (Wildman–Crippen LogP) is 2.40. The molecule has 27 heavy (non-hydrogen) atoms. The number of methoxy groups -OCH3 is 1. The van der Waals surface area contributed by atoms with Gasteiger partial charge < -0.3 is 10.1 Å². The van der Waals surface area contributed by atoms with E-state index in [2.05, 4.69) is 20.4 Å². The van der Waals surface area contributed by atoms with Crippen molar-refractivity contribution in [2.75, 3.05) is 12.4 Å². The minimum Gasteiger partial charge on any atom is -0.496 e. The average molecular weight is 367 g/mol. The summed E-state index contributed by atoms with van der Waals surface area (Å²) in [6.07, 6.45) is 0.587. The number of ether oxygens (including phenoxy) is 1. The number of aryl methyl sites for hydroxylation is 2. The molecule has 0 atom stereocenters. The number of aromatic amines is 1. The van der Waals surface area contributed by atoms with Crippen LogP contribution in [0.2, 0.25) is 0 Å². The van der Waals surface area contributed by atoms with Crippen molar-refractivity contribution < 1.29 is 9.53 Å². The molecule has 8 nitrogen and oxygen atoms in total. The van der Waals surface area contributed by atoms with E-state index in [1.165, 1.54) is 11.8 Å². The molecule has 0 aliphatic heterocycles. The van der Waals surface area contributed by atoms with Gasteiger partial charge >= 0.3 is 0 Å². The van der Waals surface area contributed by atoms with Crippen LogP contribution in [0.25, 0.3) is 5.95 Å². The Bertz CT molecular complexity index is 1050. The number of benzene rings is 1. The molecule has 0 radical (unpaired) electrons. The number of nitrogens with one attached hydrogen (secondary N) is 2. The van der Waals surface area contributed by atoms with E-state index in [-0.39, 0.29) is 17.4 Å². The molecule has 0 bridgehead atoms. The number of aromatic nitrogens is 4. The number of carbonyl (C=O) groups excluding carboxylic acids is 1. The van der Waals surface area contributed by atoms with Crippen molar-refractivity contribution in [2.45, 2.75) is 27.2 Å². The van der Waals surface area contributed by atoms with Crippen molar-refractivity contribution in [3.05, 3.63) is 63.2 Å². The molecule has 0 saturated heterocycles. The Morgan fingerprint density at radius 3 is 2.70 bits per heavy atom. The first kappa shape index (κ1) is 18.4. The van der Waals surface area contributed by atoms with Gasteiger partial charge in [-0.15, -0.1) is 0 Å². The average Bonchev–Trinajstić information content (AvgIpc) is 3.01. The highest BCUT2D eigenvalue weighted by Gasteiger charge is 2.17. The van der Waals surface area contributed by atoms with Crippen molar-refractivity contribution in [1.82, 2.24) is 19.7 Å². The topological polar surface area (TPSA) is 102 Å². The Morgan fingerprint density at radius 2 is 2.04 bits per heavy atom. The van der Waals surface area contributed by atoms with Gasteiger partial charge in [0.05, 0.1) is 18.4 Å². The van der Waals surface area contributed by atoms with Crippen molar-refractivity contribution in [1.29, 1.82) is 0 Å². The molecule has 0 aliphatic rings. The Hall–Kier alpha value is -3.42. The van der Waals surface area contributed by atoms with Crippen LogP contribution in [-0.4, -0.2) is 32.8 Å². The second-order valence-corrected chi connectivity index (χ2v) is 6.04. The molecular formula is C19H21N5O3. The van der Waals surface area contributed by atoms with Crippen molar-refractivity contribution in [3.8, 4) is 11.7 Å². The maximum Gasteiger partial charge on any atom is 0.260 e. The van der Waals surface area contributed by atoms with Gasteiger partial charge in [-0.25, -0.2) is 4.98 Å². The number of nitrogens with zero attached hydrogens (tertiary/aromatic N) is 3. The highest BCUT2D eigenvalue weighted by Crippen LogP contribution is 2.20. The summed E-state index contributed by atoms with van der Waals surface area (Å²) in [5.41, 5.74) is 2.11. The lowest BCUT2D eigenvalue weighted by Crippen LogP contribution is -2.22. The van der Waals surface area contributed by atoms with Gasteiger partial charge in [-0.05, 0) is 32.4 Å². The molecule has 0 aliphatic carbocycles. The zero-order valence-electron chi connectivity index (χ0n) is 15.7. The van der Waals surface area contributed by atoms with Crippen LogP contribution in [-0.2, 0) is 6.42 Å². The predicted molar refractivity (Wildman–Crippen MR) is 102 cm³/mol. The molecule has 8 heteroatoms. The summed E-state index contributed by atoms with van der Waals surface area (Å²) in [5.74, 6) is 0.763. The largest absolute Gasteiger partial charge is 0.496 e. The van der Waals surface area contributed by atoms with Gasteiger partial charge in [-0.3, -0.25) is 14.6 Å². The van der Waals surface area contributed by atoms with Gasteiger partial charge in [-0.2, -0.15) is 9.78 Å². The highest BCUT2D eigenvalue weighted by atomic mass is 16.5. The van der Waals surface area contributed by atoms with Crippen LogP contribution >= 0.6 is 0 Å². The number of hydrogen-bond acceptors (Lipinski definition) is 5. The minimum atomic E-state index is -0.349. The first-order valence-electron chi connectivity index (χ1n) is 8.55. The molecule has 140 valence electrons. The second kappa shape index (κ2) is 7.45. The number of H-pyrrole nitrogens is 1. The molecular weight excluding hydrogens is 346 g/mol. The Kier molecular flexibility index (Phi) is 5.07. The van der Waals surface area contributed by atoms with E-state index in [0.29, 0.717) is 40.5 Å². The van der Waals surface area contributed by atoms with Crippen LogP contribution < -0.4 is 15.6 Å². The zero-order valence-corrected chi connectivity index (χ0v) is 15.7. The number of hydrogen-bond donors (Lipinski definition) is 2. The summed E-state index contributed by atoms with van der Waals surface area (Å²) in [7, 11) is 1.51. The minimum absolute atomic E-state index is 0.213. The van der Waals surface area contributed by atoms with E-state index in [0.717, 1.165) is 0 Å². The first-order valence-corrected chi connectivity index (χ1v) is 8.55. The molecule has 1 amide bonds. The van der Waals surface area contributed by atoms with Gasteiger partial charge in [0.15, 0.2) is 0 Å². The van der Waals surface area contributed by atoms with Crippen molar-refractivity contribution in [3.63, 3.8) is 0 Å². The lowest BCUT2D eigenvalue weighted by Gasteiger charge is -2.11. The summed E-state index contributed by atoms with van der Waals surface area (Å²) in [4.78, 5) is 32.1. The third-order valence-corrected chi connectivity index (χ3v) is 4.19. The monoisotopic (exact) mass is 367 g/mol. The van der Waals surface area contributed by atoms with Crippen LogP contribution in [0, 0.1) is 13.8 Å². The van der Waals surface area contributed by atoms with E-state index in [1.54, 1.807) is 44.2 Å². The number of carbonyl (C=O) groups is 1. The van der Waals surface area contributed by atoms with Gasteiger partial charge in [0.2, 0.25) is 5.95 Å². The van der Waals surface area contributed by atoms with E-state index >= 15 is 0 Å². The Morgan fingerprint density at radius 1 is 1.30 bits per heavy atom. The molecule has 3 rings (SSSR count). The molecule has 0 fully saturated rings. The molecule has 2 heterocycles. The van der Waals surface area contributed by atoms with Crippen LogP contribution in [0.3, 0.4) is 0 Å². The number of para-hydroxylation sites is 1.